The zero-order valence-electron chi connectivity index (χ0n) is 19.2. The molecule has 162 valence electrons. The molecule has 0 spiro atoms. The summed E-state index contributed by atoms with van der Waals surface area (Å²) in [4.78, 5) is 13.0. The van der Waals surface area contributed by atoms with Crippen molar-refractivity contribution in [2.75, 3.05) is 0 Å². The van der Waals surface area contributed by atoms with Crippen LogP contribution >= 0.6 is 0 Å². The quantitative estimate of drug-likeness (QED) is 0.401. The van der Waals surface area contributed by atoms with Crippen molar-refractivity contribution < 1.29 is 4.79 Å². The monoisotopic (exact) mass is 407 g/mol. The number of aryl methyl sites for hydroxylation is 3. The van der Waals surface area contributed by atoms with E-state index in [-0.39, 0.29) is 11.7 Å². The van der Waals surface area contributed by atoms with Crippen LogP contribution in [0, 0.1) is 19.8 Å². The Bertz CT molecular complexity index is 876. The van der Waals surface area contributed by atoms with Crippen molar-refractivity contribution in [2.24, 2.45) is 5.92 Å². The molecule has 0 bridgehead atoms. The van der Waals surface area contributed by atoms with Gasteiger partial charge in [0.25, 0.3) is 0 Å². The molecule has 0 saturated heterocycles. The summed E-state index contributed by atoms with van der Waals surface area (Å²) in [5.74, 6) is 3.13. The highest BCUT2D eigenvalue weighted by Crippen LogP contribution is 2.39. The second-order valence-electron chi connectivity index (χ2n) is 9.43. The lowest BCUT2D eigenvalue weighted by atomic mass is 9.93. The van der Waals surface area contributed by atoms with Gasteiger partial charge in [-0.05, 0) is 56.6 Å². The largest absolute Gasteiger partial charge is 0.312 e. The van der Waals surface area contributed by atoms with Crippen LogP contribution in [0.1, 0.15) is 92.7 Å². The standard InChI is InChI=1S/C26H37N3O/c1-6-8-22(17-24(30)16-21-12-11-19(4)15-20(21)5)26-28-27-25(10-7-9-18(2)3)29(26)23-13-14-23/h6,11-12,15,18,22-23H,1,7-10,13-14,16-17H2,2-5H3. The number of hydrogen-bond donors (Lipinski definition) is 0. The van der Waals surface area contributed by atoms with Gasteiger partial charge in [0.05, 0.1) is 0 Å². The molecule has 3 rings (SSSR count). The lowest BCUT2D eigenvalue weighted by molar-refractivity contribution is -0.118. The molecule has 1 aromatic heterocycles. The number of allylic oxidation sites excluding steroid dienone is 1. The Kier molecular flexibility index (Phi) is 7.63. The molecule has 4 nitrogen and oxygen atoms in total. The number of hydrogen-bond acceptors (Lipinski definition) is 3. The van der Waals surface area contributed by atoms with Crippen LogP contribution in [-0.2, 0) is 17.6 Å². The second kappa shape index (κ2) is 10.2. The summed E-state index contributed by atoms with van der Waals surface area (Å²) in [5, 5.41) is 9.16. The lowest BCUT2D eigenvalue weighted by Gasteiger charge is -2.17. The van der Waals surface area contributed by atoms with Crippen molar-refractivity contribution in [3.63, 3.8) is 0 Å². The Morgan fingerprint density at radius 1 is 1.27 bits per heavy atom. The van der Waals surface area contributed by atoms with Crippen molar-refractivity contribution in [3.05, 3.63) is 59.2 Å². The van der Waals surface area contributed by atoms with E-state index < -0.39 is 0 Å². The van der Waals surface area contributed by atoms with Crippen LogP contribution in [0.25, 0.3) is 0 Å². The van der Waals surface area contributed by atoms with E-state index in [1.807, 2.05) is 6.08 Å². The van der Waals surface area contributed by atoms with Gasteiger partial charge in [-0.2, -0.15) is 0 Å². The first-order valence-corrected chi connectivity index (χ1v) is 11.5. The molecule has 1 fully saturated rings. The summed E-state index contributed by atoms with van der Waals surface area (Å²) in [6, 6.07) is 6.84. The number of carbonyl (C=O) groups excluding carboxylic acids is 1. The van der Waals surface area contributed by atoms with E-state index in [9.17, 15) is 4.79 Å². The van der Waals surface area contributed by atoms with Gasteiger partial charge in [-0.1, -0.05) is 50.1 Å². The SMILES string of the molecule is C=CCC(CC(=O)Cc1ccc(C)cc1C)c1nnc(CCCC(C)C)n1C1CC1. The Balaban J connectivity index is 1.74. The number of aromatic nitrogens is 3. The summed E-state index contributed by atoms with van der Waals surface area (Å²) in [7, 11) is 0. The predicted molar refractivity (Wildman–Crippen MR) is 123 cm³/mol. The third-order valence-corrected chi connectivity index (χ3v) is 6.06. The number of rotatable bonds is 12. The molecule has 1 unspecified atom stereocenters. The maximum absolute atomic E-state index is 13.0. The van der Waals surface area contributed by atoms with Crippen molar-refractivity contribution in [1.82, 2.24) is 14.8 Å². The van der Waals surface area contributed by atoms with Gasteiger partial charge >= 0.3 is 0 Å². The van der Waals surface area contributed by atoms with E-state index in [1.54, 1.807) is 0 Å². The molecule has 1 aromatic carbocycles. The zero-order chi connectivity index (χ0) is 21.7. The summed E-state index contributed by atoms with van der Waals surface area (Å²) in [5.41, 5.74) is 3.55. The van der Waals surface area contributed by atoms with Gasteiger partial charge in [0.15, 0.2) is 0 Å². The Labute approximate surface area is 181 Å². The topological polar surface area (TPSA) is 47.8 Å². The van der Waals surface area contributed by atoms with Crippen LogP contribution < -0.4 is 0 Å². The van der Waals surface area contributed by atoms with Crippen LogP contribution in [-0.4, -0.2) is 20.5 Å². The molecule has 1 aliphatic carbocycles. The molecule has 0 amide bonds. The van der Waals surface area contributed by atoms with Gasteiger partial charge in [0.1, 0.15) is 17.4 Å². The van der Waals surface area contributed by atoms with E-state index in [1.165, 1.54) is 30.4 Å². The van der Waals surface area contributed by atoms with Crippen LogP contribution in [0.15, 0.2) is 30.9 Å². The molecule has 4 heteroatoms. The maximum atomic E-state index is 13.0. The Morgan fingerprint density at radius 3 is 2.67 bits per heavy atom. The average molecular weight is 408 g/mol. The van der Waals surface area contributed by atoms with Crippen molar-refractivity contribution in [2.45, 2.75) is 91.0 Å². The Hall–Kier alpha value is -2.23. The highest BCUT2D eigenvalue weighted by atomic mass is 16.1. The molecule has 0 radical (unpaired) electrons. The number of ketones is 1. The van der Waals surface area contributed by atoms with Crippen LogP contribution in [0.3, 0.4) is 0 Å². The molecule has 1 aliphatic rings. The minimum atomic E-state index is 0.0627. The molecule has 2 aromatic rings. The minimum absolute atomic E-state index is 0.0627. The van der Waals surface area contributed by atoms with Crippen molar-refractivity contribution in [1.29, 1.82) is 0 Å². The first kappa shape index (κ1) is 22.5. The van der Waals surface area contributed by atoms with E-state index in [2.05, 4.69) is 67.2 Å². The number of Topliss-reactive ketones (excluding diaryl/α,β-unsaturated/α-hetero) is 1. The van der Waals surface area contributed by atoms with Crippen molar-refractivity contribution in [3.8, 4) is 0 Å². The highest BCUT2D eigenvalue weighted by Gasteiger charge is 2.32. The normalized spacial score (nSPS) is 14.8. The summed E-state index contributed by atoms with van der Waals surface area (Å²) in [6.07, 6.45) is 9.36. The predicted octanol–water partition coefficient (Wildman–Crippen LogP) is 6.07. The fourth-order valence-corrected chi connectivity index (χ4v) is 4.27. The van der Waals surface area contributed by atoms with E-state index in [0.29, 0.717) is 24.8 Å². The molecule has 0 aliphatic heterocycles. The summed E-state index contributed by atoms with van der Waals surface area (Å²) in [6.45, 7) is 12.6. The van der Waals surface area contributed by atoms with Gasteiger partial charge in [0, 0.05) is 31.2 Å². The second-order valence-corrected chi connectivity index (χ2v) is 9.43. The Morgan fingerprint density at radius 2 is 2.03 bits per heavy atom. The zero-order valence-corrected chi connectivity index (χ0v) is 19.2. The van der Waals surface area contributed by atoms with Gasteiger partial charge in [-0.3, -0.25) is 4.79 Å². The molecule has 1 heterocycles. The summed E-state index contributed by atoms with van der Waals surface area (Å²) < 4.78 is 2.36. The third kappa shape index (κ3) is 5.90. The number of nitrogens with zero attached hydrogens (tertiary/aromatic N) is 3. The first-order valence-electron chi connectivity index (χ1n) is 11.5. The summed E-state index contributed by atoms with van der Waals surface area (Å²) >= 11 is 0. The van der Waals surface area contributed by atoms with E-state index in [4.69, 9.17) is 0 Å². The average Bonchev–Trinajstić information content (AvgIpc) is 3.43. The molecule has 1 saturated carbocycles. The molecule has 0 N–H and O–H groups in total. The van der Waals surface area contributed by atoms with E-state index in [0.717, 1.165) is 36.5 Å². The number of benzene rings is 1. The maximum Gasteiger partial charge on any atom is 0.138 e. The third-order valence-electron chi connectivity index (χ3n) is 6.06. The molecule has 1 atom stereocenters. The van der Waals surface area contributed by atoms with Gasteiger partial charge in [0.2, 0.25) is 0 Å². The van der Waals surface area contributed by atoms with Crippen LogP contribution in [0.2, 0.25) is 0 Å². The molecule has 30 heavy (non-hydrogen) atoms. The van der Waals surface area contributed by atoms with Crippen LogP contribution in [0.4, 0.5) is 0 Å². The fraction of sp³-hybridized carbons (Fsp3) is 0.577. The van der Waals surface area contributed by atoms with Gasteiger partial charge < -0.3 is 4.57 Å². The molecular weight excluding hydrogens is 370 g/mol. The van der Waals surface area contributed by atoms with Gasteiger partial charge in [-0.15, -0.1) is 16.8 Å². The number of carbonyl (C=O) groups is 1. The smallest absolute Gasteiger partial charge is 0.138 e. The highest BCUT2D eigenvalue weighted by molar-refractivity contribution is 5.82. The molecular formula is C26H37N3O. The van der Waals surface area contributed by atoms with Gasteiger partial charge in [-0.25, -0.2) is 0 Å². The fourth-order valence-electron chi connectivity index (χ4n) is 4.27. The minimum Gasteiger partial charge on any atom is -0.312 e. The van der Waals surface area contributed by atoms with Crippen molar-refractivity contribution >= 4 is 5.78 Å². The lowest BCUT2D eigenvalue weighted by Crippen LogP contribution is -2.15. The van der Waals surface area contributed by atoms with Crippen LogP contribution in [0.5, 0.6) is 0 Å². The first-order chi connectivity index (χ1) is 14.4. The van der Waals surface area contributed by atoms with E-state index >= 15 is 0 Å².